The van der Waals surface area contributed by atoms with Gasteiger partial charge in [0.15, 0.2) is 11.6 Å². The highest BCUT2D eigenvalue weighted by Crippen LogP contribution is 2.66. The molecule has 12 rings (SSSR count). The highest BCUT2D eigenvalue weighted by atomic mass is 16.5. The number of carbonyl (C=O) groups is 2. The fourth-order valence-corrected chi connectivity index (χ4v) is 13.5. The largest absolute Gasteiger partial charge is 0.355 e. The Morgan fingerprint density at radius 3 is 1.50 bits per heavy atom. The standard InChI is InChI=1S/2C19H22N2O2/c2*1-12-18-7-4-9-20-10-8-19(17(18)20)16(22)13-5-2-3-6-14(13)21(19)15(11-18)23-12/h2*2-3,5-6,12,15,17H,4,7-11H2,1H3/t2*12-,15-,17-,18-,19+/m11/s1. The van der Waals surface area contributed by atoms with Crippen molar-refractivity contribution in [1.29, 1.82) is 0 Å². The maximum absolute atomic E-state index is 13.6. The van der Waals surface area contributed by atoms with E-state index in [4.69, 9.17) is 9.47 Å². The Labute approximate surface area is 271 Å². The first-order valence-corrected chi connectivity index (χ1v) is 18.0. The Balaban J connectivity index is 0.000000114. The minimum absolute atomic E-state index is 0.0758. The van der Waals surface area contributed by atoms with Crippen LogP contribution in [0.15, 0.2) is 48.5 Å². The lowest BCUT2D eigenvalue weighted by molar-refractivity contribution is -0.0236. The number of piperidine rings is 4. The van der Waals surface area contributed by atoms with Gasteiger partial charge in [0.05, 0.1) is 23.6 Å². The first kappa shape index (κ1) is 27.2. The molecule has 46 heavy (non-hydrogen) atoms. The molecule has 240 valence electrons. The third kappa shape index (κ3) is 2.77. The Bertz CT molecular complexity index is 1590. The number of ether oxygens (including phenoxy) is 2. The normalized spacial score (nSPS) is 46.7. The van der Waals surface area contributed by atoms with Gasteiger partial charge in [-0.05, 0) is 89.7 Å². The smallest absolute Gasteiger partial charge is 0.192 e. The zero-order valence-corrected chi connectivity index (χ0v) is 27.0. The maximum atomic E-state index is 13.6. The Morgan fingerprint density at radius 1 is 0.609 bits per heavy atom. The Morgan fingerprint density at radius 2 is 1.04 bits per heavy atom. The van der Waals surface area contributed by atoms with Gasteiger partial charge in [0.25, 0.3) is 0 Å². The van der Waals surface area contributed by atoms with E-state index in [0.717, 1.165) is 74.4 Å². The molecule has 4 spiro atoms. The predicted octanol–water partition coefficient (Wildman–Crippen LogP) is 4.86. The van der Waals surface area contributed by atoms with E-state index in [2.05, 4.69) is 57.7 Å². The number of benzene rings is 2. The summed E-state index contributed by atoms with van der Waals surface area (Å²) in [6.07, 6.45) is 9.65. The van der Waals surface area contributed by atoms with Crippen molar-refractivity contribution in [2.75, 3.05) is 36.0 Å². The summed E-state index contributed by atoms with van der Waals surface area (Å²) in [6, 6.07) is 17.0. The lowest BCUT2D eigenvalue weighted by Crippen LogP contribution is -2.71. The summed E-state index contributed by atoms with van der Waals surface area (Å²) in [5.74, 6) is 0.712. The van der Waals surface area contributed by atoms with Crippen LogP contribution in [0.2, 0.25) is 0 Å². The number of hydrogen-bond donors (Lipinski definition) is 0. The van der Waals surface area contributed by atoms with Crippen molar-refractivity contribution in [3.8, 4) is 0 Å². The van der Waals surface area contributed by atoms with Gasteiger partial charge in [-0.15, -0.1) is 0 Å². The number of carbonyl (C=O) groups excluding carboxylic acids is 2. The van der Waals surface area contributed by atoms with E-state index in [1.807, 2.05) is 24.3 Å². The second-order valence-electron chi connectivity index (χ2n) is 16.2. The summed E-state index contributed by atoms with van der Waals surface area (Å²) >= 11 is 0. The summed E-state index contributed by atoms with van der Waals surface area (Å²) in [7, 11) is 0. The molecule has 2 aromatic carbocycles. The van der Waals surface area contributed by atoms with E-state index in [-0.39, 0.29) is 46.6 Å². The first-order valence-electron chi connectivity index (χ1n) is 18.0. The number of ketones is 2. The molecule has 10 atom stereocenters. The average Bonchev–Trinajstić information content (AvgIpc) is 3.88. The van der Waals surface area contributed by atoms with Crippen molar-refractivity contribution in [2.45, 2.75) is 113 Å². The van der Waals surface area contributed by atoms with Gasteiger partial charge in [-0.25, -0.2) is 0 Å². The fraction of sp³-hybridized carbons (Fsp3) is 0.632. The molecule has 0 saturated carbocycles. The monoisotopic (exact) mass is 620 g/mol. The molecule has 8 fully saturated rings. The van der Waals surface area contributed by atoms with Gasteiger partial charge in [0, 0.05) is 60.0 Å². The summed E-state index contributed by atoms with van der Waals surface area (Å²) in [6.45, 7) is 8.89. The van der Waals surface area contributed by atoms with Crippen molar-refractivity contribution in [3.63, 3.8) is 0 Å². The zero-order chi connectivity index (χ0) is 30.8. The van der Waals surface area contributed by atoms with Crippen LogP contribution in [0.1, 0.15) is 85.9 Å². The summed E-state index contributed by atoms with van der Waals surface area (Å²) < 4.78 is 12.9. The zero-order valence-electron chi connectivity index (χ0n) is 27.0. The molecule has 8 nitrogen and oxygen atoms in total. The van der Waals surface area contributed by atoms with Crippen molar-refractivity contribution < 1.29 is 19.1 Å². The molecule has 0 radical (unpaired) electrons. The van der Waals surface area contributed by atoms with Crippen LogP contribution in [0.3, 0.4) is 0 Å². The van der Waals surface area contributed by atoms with Gasteiger partial charge in [-0.1, -0.05) is 24.3 Å². The molecule has 8 saturated heterocycles. The van der Waals surface area contributed by atoms with E-state index in [1.165, 1.54) is 25.7 Å². The molecular formula is C38H44N4O4. The number of Topliss-reactive ketones (excluding diaryl/α,β-unsaturated/α-hetero) is 2. The van der Waals surface area contributed by atoms with Gasteiger partial charge in [-0.2, -0.15) is 0 Å². The summed E-state index contributed by atoms with van der Waals surface area (Å²) in [5, 5.41) is 0. The van der Waals surface area contributed by atoms with Gasteiger partial charge in [0.1, 0.15) is 23.5 Å². The van der Waals surface area contributed by atoms with Crippen LogP contribution in [0.5, 0.6) is 0 Å². The summed E-state index contributed by atoms with van der Waals surface area (Å²) in [5.41, 5.74) is 3.67. The number of para-hydroxylation sites is 2. The van der Waals surface area contributed by atoms with E-state index in [0.29, 0.717) is 23.7 Å². The Kier molecular flexibility index (Phi) is 5.10. The number of anilines is 2. The van der Waals surface area contributed by atoms with Crippen LogP contribution in [0, 0.1) is 10.8 Å². The van der Waals surface area contributed by atoms with Crippen molar-refractivity contribution >= 4 is 22.9 Å². The minimum Gasteiger partial charge on any atom is -0.355 e. The van der Waals surface area contributed by atoms with Gasteiger partial charge < -0.3 is 19.3 Å². The quantitative estimate of drug-likeness (QED) is 0.414. The third-order valence-corrected chi connectivity index (χ3v) is 14.9. The second kappa shape index (κ2) is 8.62. The number of hydrogen-bond acceptors (Lipinski definition) is 8. The number of rotatable bonds is 0. The fourth-order valence-electron chi connectivity index (χ4n) is 13.5. The topological polar surface area (TPSA) is 65.6 Å². The van der Waals surface area contributed by atoms with Crippen LogP contribution in [0.25, 0.3) is 0 Å². The van der Waals surface area contributed by atoms with E-state index < -0.39 is 0 Å². The third-order valence-electron chi connectivity index (χ3n) is 14.9. The van der Waals surface area contributed by atoms with Crippen LogP contribution in [-0.2, 0) is 9.47 Å². The van der Waals surface area contributed by atoms with Gasteiger partial charge in [0.2, 0.25) is 0 Å². The molecule has 10 aliphatic rings. The molecule has 0 unspecified atom stereocenters. The Hall–Kier alpha value is -2.78. The average molecular weight is 621 g/mol. The number of nitrogens with zero attached hydrogens (tertiary/aromatic N) is 4. The van der Waals surface area contributed by atoms with E-state index >= 15 is 0 Å². The number of fused-ring (bicyclic) bond motifs is 8. The van der Waals surface area contributed by atoms with Gasteiger partial charge >= 0.3 is 0 Å². The molecule has 0 aliphatic carbocycles. The highest BCUT2D eigenvalue weighted by Gasteiger charge is 2.76. The van der Waals surface area contributed by atoms with Crippen LogP contribution >= 0.6 is 0 Å². The predicted molar refractivity (Wildman–Crippen MR) is 173 cm³/mol. The van der Waals surface area contributed by atoms with Crippen LogP contribution in [-0.4, -0.2) is 95.4 Å². The molecule has 0 amide bonds. The lowest BCUT2D eigenvalue weighted by Gasteiger charge is -2.56. The molecular weight excluding hydrogens is 576 g/mol. The lowest BCUT2D eigenvalue weighted by atomic mass is 9.60. The maximum Gasteiger partial charge on any atom is 0.192 e. The van der Waals surface area contributed by atoms with Crippen molar-refractivity contribution in [3.05, 3.63) is 59.7 Å². The van der Waals surface area contributed by atoms with E-state index in [9.17, 15) is 9.59 Å². The second-order valence-corrected chi connectivity index (χ2v) is 16.2. The minimum atomic E-state index is -0.363. The molecule has 8 heteroatoms. The molecule has 2 aromatic rings. The highest BCUT2D eigenvalue weighted by molar-refractivity contribution is 6.16. The van der Waals surface area contributed by atoms with E-state index in [1.54, 1.807) is 0 Å². The van der Waals surface area contributed by atoms with Gasteiger partial charge in [-0.3, -0.25) is 19.4 Å². The van der Waals surface area contributed by atoms with Crippen molar-refractivity contribution in [2.24, 2.45) is 10.8 Å². The molecule has 10 heterocycles. The van der Waals surface area contributed by atoms with Crippen LogP contribution in [0.4, 0.5) is 11.4 Å². The molecule has 0 aromatic heterocycles. The molecule has 4 bridgehead atoms. The first-order chi connectivity index (χ1) is 22.4. The SMILES string of the molecule is C[C@H]1O[C@@H]2C[C@]13CCCN1CC[C@]4(C(=O)c5ccccc5N24)[C@H]13.C[C@H]1O[C@@H]2C[C@]13CCCN1CC[C@]4(C(=O)c5ccccc5N24)[C@H]13. The molecule has 0 N–H and O–H groups in total. The van der Waals surface area contributed by atoms with Crippen LogP contribution < -0.4 is 9.80 Å². The molecule has 10 aliphatic heterocycles. The summed E-state index contributed by atoms with van der Waals surface area (Å²) in [4.78, 5) is 37.1. The van der Waals surface area contributed by atoms with Crippen molar-refractivity contribution in [1.82, 2.24) is 9.80 Å².